The van der Waals surface area contributed by atoms with Crippen LogP contribution in [0.5, 0.6) is 0 Å². The minimum atomic E-state index is -3.07. The Labute approximate surface area is 124 Å². The molecule has 1 fully saturated rings. The number of hydrogen-bond acceptors (Lipinski definition) is 4. The summed E-state index contributed by atoms with van der Waals surface area (Å²) in [6.07, 6.45) is 3.47. The zero-order valence-electron chi connectivity index (χ0n) is 12.4. The fourth-order valence-corrected chi connectivity index (χ4v) is 4.08. The van der Waals surface area contributed by atoms with Crippen LogP contribution in [0.4, 0.5) is 0 Å². The fraction of sp³-hybridized carbons (Fsp3) is 0.571. The normalized spacial score (nSPS) is 18.4. The van der Waals surface area contributed by atoms with E-state index >= 15 is 0 Å². The van der Waals surface area contributed by atoms with E-state index < -0.39 is 10.0 Å². The summed E-state index contributed by atoms with van der Waals surface area (Å²) in [6, 6.07) is 3.95. The maximum Gasteiger partial charge on any atom is 0.213 e. The van der Waals surface area contributed by atoms with Crippen LogP contribution in [0.2, 0.25) is 0 Å². The number of sulfonamides is 1. The summed E-state index contributed by atoms with van der Waals surface area (Å²) >= 11 is 0. The van der Waals surface area contributed by atoms with E-state index in [0.717, 1.165) is 29.9 Å². The first-order valence-corrected chi connectivity index (χ1v) is 8.91. The molecule has 0 aromatic carbocycles. The van der Waals surface area contributed by atoms with Crippen molar-refractivity contribution in [3.8, 4) is 0 Å². The third kappa shape index (κ3) is 2.67. The molecule has 3 heterocycles. The molecule has 0 amide bonds. The summed E-state index contributed by atoms with van der Waals surface area (Å²) in [5.41, 5.74) is 2.93. The van der Waals surface area contributed by atoms with Crippen molar-refractivity contribution in [1.82, 2.24) is 18.9 Å². The molecule has 7 heteroatoms. The largest absolute Gasteiger partial charge is 0.237 e. The lowest BCUT2D eigenvalue weighted by atomic mass is 9.94. The van der Waals surface area contributed by atoms with Crippen molar-refractivity contribution in [2.75, 3.05) is 18.8 Å². The molecule has 0 atom stereocenters. The van der Waals surface area contributed by atoms with Crippen molar-refractivity contribution < 1.29 is 8.42 Å². The molecule has 0 spiro atoms. The van der Waals surface area contributed by atoms with Gasteiger partial charge in [-0.25, -0.2) is 22.2 Å². The summed E-state index contributed by atoms with van der Waals surface area (Å²) in [5, 5.41) is 4.49. The van der Waals surface area contributed by atoms with Gasteiger partial charge in [0.05, 0.1) is 11.4 Å². The molecule has 2 aromatic rings. The van der Waals surface area contributed by atoms with Crippen molar-refractivity contribution in [2.24, 2.45) is 0 Å². The Hall–Kier alpha value is -1.47. The first-order valence-electron chi connectivity index (χ1n) is 7.30. The molecule has 0 radical (unpaired) electrons. The Balaban J connectivity index is 1.83. The lowest BCUT2D eigenvalue weighted by Gasteiger charge is -2.31. The van der Waals surface area contributed by atoms with Crippen molar-refractivity contribution in [2.45, 2.75) is 32.6 Å². The van der Waals surface area contributed by atoms with E-state index in [-0.39, 0.29) is 5.75 Å². The van der Waals surface area contributed by atoms with Crippen LogP contribution >= 0.6 is 0 Å². The molecular formula is C14H20N4O2S. The lowest BCUT2D eigenvalue weighted by Crippen LogP contribution is -2.39. The van der Waals surface area contributed by atoms with Gasteiger partial charge in [-0.3, -0.25) is 0 Å². The molecule has 21 heavy (non-hydrogen) atoms. The number of aromatic nitrogens is 3. The second kappa shape index (κ2) is 5.38. The van der Waals surface area contributed by atoms with E-state index in [4.69, 9.17) is 0 Å². The van der Waals surface area contributed by atoms with Gasteiger partial charge in [-0.05, 0) is 32.8 Å². The first-order chi connectivity index (χ1) is 10.0. The molecule has 0 aliphatic carbocycles. The zero-order chi connectivity index (χ0) is 15.0. The molecule has 3 rings (SSSR count). The molecule has 114 valence electrons. The molecule has 0 bridgehead atoms. The molecule has 0 N–H and O–H groups in total. The predicted octanol–water partition coefficient (Wildman–Crippen LogP) is 1.57. The average Bonchev–Trinajstić information content (AvgIpc) is 2.87. The van der Waals surface area contributed by atoms with E-state index in [1.165, 1.54) is 0 Å². The number of rotatable bonds is 3. The number of nitrogens with zero attached hydrogens (tertiary/aromatic N) is 4. The Morgan fingerprint density at radius 1 is 1.33 bits per heavy atom. The van der Waals surface area contributed by atoms with Gasteiger partial charge in [0.1, 0.15) is 0 Å². The minimum Gasteiger partial charge on any atom is -0.237 e. The SMILES string of the molecule is CCS(=O)(=O)N1CCC(c2ccnc3cc(C)nn23)CC1. The van der Waals surface area contributed by atoms with E-state index in [1.807, 2.05) is 23.6 Å². The quantitative estimate of drug-likeness (QED) is 0.863. The van der Waals surface area contributed by atoms with Gasteiger partial charge in [0.2, 0.25) is 10.0 Å². The van der Waals surface area contributed by atoms with Crippen molar-refractivity contribution in [1.29, 1.82) is 0 Å². The predicted molar refractivity (Wildman–Crippen MR) is 80.7 cm³/mol. The Morgan fingerprint density at radius 2 is 2.05 bits per heavy atom. The highest BCUT2D eigenvalue weighted by Gasteiger charge is 2.28. The van der Waals surface area contributed by atoms with E-state index in [2.05, 4.69) is 10.1 Å². The Bertz CT molecular complexity index is 745. The molecule has 0 unspecified atom stereocenters. The van der Waals surface area contributed by atoms with Crippen LogP contribution in [-0.2, 0) is 10.0 Å². The van der Waals surface area contributed by atoms with Crippen LogP contribution in [0.3, 0.4) is 0 Å². The second-order valence-electron chi connectivity index (χ2n) is 5.50. The van der Waals surface area contributed by atoms with E-state index in [9.17, 15) is 8.42 Å². The monoisotopic (exact) mass is 308 g/mol. The fourth-order valence-electron chi connectivity index (χ4n) is 2.95. The topological polar surface area (TPSA) is 67.6 Å². The highest BCUT2D eigenvalue weighted by atomic mass is 32.2. The summed E-state index contributed by atoms with van der Waals surface area (Å²) in [6.45, 7) is 4.82. The maximum absolute atomic E-state index is 11.9. The van der Waals surface area contributed by atoms with Crippen molar-refractivity contribution >= 4 is 15.7 Å². The van der Waals surface area contributed by atoms with Gasteiger partial charge in [0.15, 0.2) is 5.65 Å². The van der Waals surface area contributed by atoms with Crippen LogP contribution in [0, 0.1) is 6.92 Å². The van der Waals surface area contributed by atoms with Crippen LogP contribution in [0.1, 0.15) is 37.1 Å². The molecule has 1 aliphatic heterocycles. The summed E-state index contributed by atoms with van der Waals surface area (Å²) in [4.78, 5) is 4.32. The highest BCUT2D eigenvalue weighted by Crippen LogP contribution is 2.29. The summed E-state index contributed by atoms with van der Waals surface area (Å²) in [7, 11) is -3.07. The number of fused-ring (bicyclic) bond motifs is 1. The Kier molecular flexibility index (Phi) is 3.71. The van der Waals surface area contributed by atoms with Gasteiger partial charge in [0, 0.05) is 37.0 Å². The molecule has 1 saturated heterocycles. The van der Waals surface area contributed by atoms with Gasteiger partial charge >= 0.3 is 0 Å². The van der Waals surface area contributed by atoms with Crippen LogP contribution in [0.15, 0.2) is 18.3 Å². The number of hydrogen-bond donors (Lipinski definition) is 0. The third-order valence-corrected chi connectivity index (χ3v) is 6.02. The van der Waals surface area contributed by atoms with Crippen LogP contribution in [0.25, 0.3) is 5.65 Å². The molecule has 1 aliphatic rings. The van der Waals surface area contributed by atoms with Crippen LogP contribution < -0.4 is 0 Å². The summed E-state index contributed by atoms with van der Waals surface area (Å²) < 4.78 is 27.3. The number of piperidine rings is 1. The van der Waals surface area contributed by atoms with Gasteiger partial charge in [-0.15, -0.1) is 0 Å². The molecule has 2 aromatic heterocycles. The summed E-state index contributed by atoms with van der Waals surface area (Å²) in [5.74, 6) is 0.508. The van der Waals surface area contributed by atoms with E-state index in [1.54, 1.807) is 17.4 Å². The van der Waals surface area contributed by atoms with E-state index in [0.29, 0.717) is 19.0 Å². The molecular weight excluding hydrogens is 288 g/mol. The third-order valence-electron chi connectivity index (χ3n) is 4.14. The van der Waals surface area contributed by atoms with Crippen molar-refractivity contribution in [3.63, 3.8) is 0 Å². The second-order valence-corrected chi connectivity index (χ2v) is 7.76. The van der Waals surface area contributed by atoms with Crippen LogP contribution in [-0.4, -0.2) is 46.2 Å². The first kappa shape index (κ1) is 14.5. The highest BCUT2D eigenvalue weighted by molar-refractivity contribution is 7.89. The van der Waals surface area contributed by atoms with Gasteiger partial charge in [0.25, 0.3) is 0 Å². The van der Waals surface area contributed by atoms with Gasteiger partial charge in [-0.1, -0.05) is 0 Å². The molecule has 6 nitrogen and oxygen atoms in total. The lowest BCUT2D eigenvalue weighted by molar-refractivity contribution is 0.315. The van der Waals surface area contributed by atoms with Gasteiger partial charge in [-0.2, -0.15) is 5.10 Å². The standard InChI is InChI=1S/C14H20N4O2S/c1-3-21(19,20)17-8-5-12(6-9-17)13-4-7-15-14-10-11(2)16-18(13)14/h4,7,10,12H,3,5-6,8-9H2,1-2H3. The maximum atomic E-state index is 11.9. The minimum absolute atomic E-state index is 0.176. The van der Waals surface area contributed by atoms with Gasteiger partial charge < -0.3 is 0 Å². The number of aryl methyl sites for hydroxylation is 1. The average molecular weight is 308 g/mol. The molecule has 0 saturated carbocycles. The zero-order valence-corrected chi connectivity index (χ0v) is 13.2. The van der Waals surface area contributed by atoms with Crippen molar-refractivity contribution in [3.05, 3.63) is 29.7 Å². The Morgan fingerprint density at radius 3 is 2.71 bits per heavy atom. The smallest absolute Gasteiger partial charge is 0.213 e.